The van der Waals surface area contributed by atoms with Gasteiger partial charge in [-0.15, -0.1) is 0 Å². The lowest BCUT2D eigenvalue weighted by atomic mass is 9.95. The SMILES string of the molecule is Cn1nc(-c2ccccc2)c(-c2ccccc2)c(C(=O)Nc2ccc(SC#N)cc2)c1=O. The molecule has 7 heteroatoms. The smallest absolute Gasteiger partial charge is 0.280 e. The van der Waals surface area contributed by atoms with Crippen LogP contribution in [0.4, 0.5) is 5.69 Å². The van der Waals surface area contributed by atoms with Gasteiger partial charge in [0, 0.05) is 28.8 Å². The van der Waals surface area contributed by atoms with Crippen molar-refractivity contribution >= 4 is 23.4 Å². The fourth-order valence-electron chi connectivity index (χ4n) is 3.38. The number of thiocyanates is 1. The average molecular weight is 439 g/mol. The molecule has 3 aromatic carbocycles. The topological polar surface area (TPSA) is 87.8 Å². The number of hydrogen-bond acceptors (Lipinski definition) is 5. The second kappa shape index (κ2) is 9.33. The molecule has 0 atom stereocenters. The third-order valence-electron chi connectivity index (χ3n) is 4.86. The van der Waals surface area contributed by atoms with E-state index in [4.69, 9.17) is 5.26 Å². The highest BCUT2D eigenvalue weighted by Crippen LogP contribution is 2.32. The van der Waals surface area contributed by atoms with Gasteiger partial charge in [-0.05, 0) is 41.6 Å². The molecule has 0 bridgehead atoms. The van der Waals surface area contributed by atoms with E-state index >= 15 is 0 Å². The lowest BCUT2D eigenvalue weighted by Gasteiger charge is -2.16. The van der Waals surface area contributed by atoms with E-state index < -0.39 is 11.5 Å². The number of carbonyl (C=O) groups is 1. The van der Waals surface area contributed by atoms with E-state index in [0.717, 1.165) is 27.8 Å². The van der Waals surface area contributed by atoms with Crippen molar-refractivity contribution in [2.24, 2.45) is 7.05 Å². The van der Waals surface area contributed by atoms with E-state index in [2.05, 4.69) is 10.4 Å². The largest absolute Gasteiger partial charge is 0.322 e. The van der Waals surface area contributed by atoms with Gasteiger partial charge in [-0.3, -0.25) is 9.59 Å². The fraction of sp³-hybridized carbons (Fsp3) is 0.0400. The third kappa shape index (κ3) is 4.31. The van der Waals surface area contributed by atoms with E-state index in [1.54, 1.807) is 24.3 Å². The summed E-state index contributed by atoms with van der Waals surface area (Å²) in [6.45, 7) is 0. The molecule has 0 unspecified atom stereocenters. The molecule has 1 N–H and O–H groups in total. The molecule has 1 aromatic heterocycles. The third-order valence-corrected chi connectivity index (χ3v) is 5.46. The zero-order valence-corrected chi connectivity index (χ0v) is 18.0. The molecule has 0 aliphatic rings. The predicted octanol–water partition coefficient (Wildman–Crippen LogP) is 4.94. The van der Waals surface area contributed by atoms with Crippen molar-refractivity contribution in [3.8, 4) is 27.8 Å². The van der Waals surface area contributed by atoms with Gasteiger partial charge in [0.15, 0.2) is 0 Å². The summed E-state index contributed by atoms with van der Waals surface area (Å²) in [6.07, 6.45) is 0. The first kappa shape index (κ1) is 21.1. The summed E-state index contributed by atoms with van der Waals surface area (Å²) in [5, 5.41) is 18.1. The van der Waals surface area contributed by atoms with Crippen molar-refractivity contribution < 1.29 is 4.79 Å². The van der Waals surface area contributed by atoms with Crippen molar-refractivity contribution in [1.29, 1.82) is 5.26 Å². The van der Waals surface area contributed by atoms with E-state index in [-0.39, 0.29) is 5.56 Å². The maximum atomic E-state index is 13.4. The molecule has 0 saturated carbocycles. The van der Waals surface area contributed by atoms with E-state index in [1.807, 2.05) is 66.1 Å². The Kier molecular flexibility index (Phi) is 6.15. The van der Waals surface area contributed by atoms with Crippen molar-refractivity contribution in [1.82, 2.24) is 9.78 Å². The van der Waals surface area contributed by atoms with Gasteiger partial charge >= 0.3 is 0 Å². The summed E-state index contributed by atoms with van der Waals surface area (Å²) in [6, 6.07) is 25.6. The Balaban J connectivity index is 1.87. The van der Waals surface area contributed by atoms with Crippen LogP contribution in [-0.2, 0) is 7.05 Å². The second-order valence-corrected chi connectivity index (χ2v) is 7.79. The number of hydrogen-bond donors (Lipinski definition) is 1. The van der Waals surface area contributed by atoms with E-state index in [1.165, 1.54) is 11.7 Å². The van der Waals surface area contributed by atoms with Crippen LogP contribution in [0.15, 0.2) is 94.6 Å². The van der Waals surface area contributed by atoms with Crippen LogP contribution in [0.25, 0.3) is 22.4 Å². The highest BCUT2D eigenvalue weighted by atomic mass is 32.2. The summed E-state index contributed by atoms with van der Waals surface area (Å²) in [7, 11) is 1.54. The van der Waals surface area contributed by atoms with Crippen LogP contribution in [0, 0.1) is 10.7 Å². The van der Waals surface area contributed by atoms with E-state index in [9.17, 15) is 9.59 Å². The highest BCUT2D eigenvalue weighted by molar-refractivity contribution is 8.03. The molecule has 0 aliphatic heterocycles. The minimum atomic E-state index is -0.523. The lowest BCUT2D eigenvalue weighted by Crippen LogP contribution is -2.31. The number of thioether (sulfide) groups is 1. The highest BCUT2D eigenvalue weighted by Gasteiger charge is 2.24. The number of rotatable bonds is 5. The number of nitrogens with one attached hydrogen (secondary N) is 1. The molecule has 1 heterocycles. The van der Waals surface area contributed by atoms with Crippen molar-refractivity contribution in [3.63, 3.8) is 0 Å². The molecule has 0 radical (unpaired) electrons. The van der Waals surface area contributed by atoms with Gasteiger partial charge in [0.05, 0.1) is 5.69 Å². The first-order chi connectivity index (χ1) is 15.6. The van der Waals surface area contributed by atoms with Crippen LogP contribution < -0.4 is 10.9 Å². The van der Waals surface area contributed by atoms with E-state index in [0.29, 0.717) is 16.9 Å². The Morgan fingerprint density at radius 1 is 0.938 bits per heavy atom. The Labute approximate surface area is 189 Å². The van der Waals surface area contributed by atoms with Crippen LogP contribution in [0.1, 0.15) is 10.4 Å². The molecule has 0 aliphatic carbocycles. The number of aromatic nitrogens is 2. The Hall–Kier alpha value is -4.15. The number of amides is 1. The number of anilines is 1. The normalized spacial score (nSPS) is 10.4. The Bertz CT molecular complexity index is 1360. The summed E-state index contributed by atoms with van der Waals surface area (Å²) in [5.41, 5.74) is 2.60. The van der Waals surface area contributed by atoms with Crippen LogP contribution >= 0.6 is 11.8 Å². The van der Waals surface area contributed by atoms with Crippen LogP contribution in [0.2, 0.25) is 0 Å². The number of carbonyl (C=O) groups excluding carboxylic acids is 1. The summed E-state index contributed by atoms with van der Waals surface area (Å²) in [5.74, 6) is -0.523. The van der Waals surface area contributed by atoms with Gasteiger partial charge in [-0.25, -0.2) is 4.68 Å². The molecule has 4 aromatic rings. The van der Waals surface area contributed by atoms with Crippen molar-refractivity contribution in [3.05, 3.63) is 101 Å². The van der Waals surface area contributed by atoms with Gasteiger partial charge in [-0.1, -0.05) is 60.7 Å². The molecule has 1 amide bonds. The molecule has 32 heavy (non-hydrogen) atoms. The Morgan fingerprint density at radius 2 is 1.53 bits per heavy atom. The number of nitriles is 1. The lowest BCUT2D eigenvalue weighted by molar-refractivity contribution is 0.102. The number of benzene rings is 3. The standard InChI is InChI=1S/C25H18N4O2S/c1-29-25(31)22(24(30)27-19-12-14-20(15-13-19)32-16-26)21(17-8-4-2-5-9-17)23(28-29)18-10-6-3-7-11-18/h2-15H,1H3,(H,27,30). The average Bonchev–Trinajstić information content (AvgIpc) is 2.83. The predicted molar refractivity (Wildman–Crippen MR) is 126 cm³/mol. The van der Waals surface area contributed by atoms with Gasteiger partial charge in [0.2, 0.25) is 0 Å². The quantitative estimate of drug-likeness (QED) is 0.352. The van der Waals surface area contributed by atoms with Gasteiger partial charge in [-0.2, -0.15) is 10.4 Å². The minimum Gasteiger partial charge on any atom is -0.322 e. The molecule has 4 rings (SSSR count). The monoisotopic (exact) mass is 438 g/mol. The minimum absolute atomic E-state index is 0.0167. The molecule has 0 saturated heterocycles. The zero-order chi connectivity index (χ0) is 22.5. The molecular formula is C25H18N4O2S. The summed E-state index contributed by atoms with van der Waals surface area (Å²) in [4.78, 5) is 27.2. The molecule has 156 valence electrons. The number of nitrogens with zero attached hydrogens (tertiary/aromatic N) is 3. The summed E-state index contributed by atoms with van der Waals surface area (Å²) < 4.78 is 1.19. The molecule has 0 fully saturated rings. The van der Waals surface area contributed by atoms with Crippen molar-refractivity contribution in [2.75, 3.05) is 5.32 Å². The first-order valence-electron chi connectivity index (χ1n) is 9.78. The second-order valence-electron chi connectivity index (χ2n) is 6.93. The van der Waals surface area contributed by atoms with Gasteiger partial charge in [0.1, 0.15) is 11.0 Å². The fourth-order valence-corrected chi connectivity index (χ4v) is 3.76. The molecule has 0 spiro atoms. The Morgan fingerprint density at radius 3 is 2.12 bits per heavy atom. The summed E-state index contributed by atoms with van der Waals surface area (Å²) >= 11 is 1.03. The first-order valence-corrected chi connectivity index (χ1v) is 10.6. The van der Waals surface area contributed by atoms with Crippen molar-refractivity contribution in [2.45, 2.75) is 4.90 Å². The molecular weight excluding hydrogens is 420 g/mol. The van der Waals surface area contributed by atoms with Crippen LogP contribution in [-0.4, -0.2) is 15.7 Å². The number of aryl methyl sites for hydroxylation is 1. The van der Waals surface area contributed by atoms with Gasteiger partial charge < -0.3 is 5.32 Å². The maximum absolute atomic E-state index is 13.4. The zero-order valence-electron chi connectivity index (χ0n) is 17.1. The van der Waals surface area contributed by atoms with Crippen LogP contribution in [0.5, 0.6) is 0 Å². The van der Waals surface area contributed by atoms with Crippen LogP contribution in [0.3, 0.4) is 0 Å². The molecule has 6 nitrogen and oxygen atoms in total. The van der Waals surface area contributed by atoms with Gasteiger partial charge in [0.25, 0.3) is 11.5 Å². The maximum Gasteiger partial charge on any atom is 0.280 e.